The molecule has 0 bridgehead atoms. The Bertz CT molecular complexity index is 508. The predicted molar refractivity (Wildman–Crippen MR) is 116 cm³/mol. The van der Waals surface area contributed by atoms with Gasteiger partial charge < -0.3 is 13.9 Å². The minimum atomic E-state index is -1.53. The van der Waals surface area contributed by atoms with Crippen LogP contribution in [0.25, 0.3) is 0 Å². The molecule has 0 aromatic carbocycles. The summed E-state index contributed by atoms with van der Waals surface area (Å²) in [6.45, 7) is 16.7. The minimum Gasteiger partial charge on any atom is -0.547 e. The van der Waals surface area contributed by atoms with Crippen LogP contribution in [0.3, 0.4) is 0 Å². The lowest BCUT2D eigenvalue weighted by molar-refractivity contribution is -0.118. The maximum absolute atomic E-state index is 6.52. The molecule has 0 N–H and O–H groups in total. The number of methoxy groups -OCH3 is 1. The van der Waals surface area contributed by atoms with Crippen LogP contribution >= 0.6 is 0 Å². The number of hydrogen-bond acceptors (Lipinski definition) is 3. The number of hydrogen-bond donors (Lipinski definition) is 0. The summed E-state index contributed by atoms with van der Waals surface area (Å²) in [6.07, 6.45) is 11.2. The molecule has 2 rings (SSSR count). The molecule has 1 saturated carbocycles. The fourth-order valence-electron chi connectivity index (χ4n) is 5.50. The highest BCUT2D eigenvalue weighted by molar-refractivity contribution is 6.70. The Morgan fingerprint density at radius 3 is 2.59 bits per heavy atom. The average molecular weight is 397 g/mol. The zero-order valence-electron chi connectivity index (χ0n) is 19.2. The van der Waals surface area contributed by atoms with Crippen LogP contribution in [0.15, 0.2) is 11.8 Å². The molecule has 0 aliphatic heterocycles. The molecule has 158 valence electrons. The third-order valence-electron chi connectivity index (χ3n) is 6.90. The highest BCUT2D eigenvalue weighted by Gasteiger charge is 2.51. The van der Waals surface area contributed by atoms with Crippen LogP contribution in [-0.4, -0.2) is 27.8 Å². The fourth-order valence-corrected chi connectivity index (χ4v) is 6.43. The van der Waals surface area contributed by atoms with Gasteiger partial charge in [-0.3, -0.25) is 0 Å². The van der Waals surface area contributed by atoms with Crippen molar-refractivity contribution in [1.29, 1.82) is 0 Å². The maximum atomic E-state index is 6.52. The van der Waals surface area contributed by atoms with Gasteiger partial charge in [0, 0.05) is 13.0 Å². The van der Waals surface area contributed by atoms with Crippen molar-refractivity contribution < 1.29 is 13.9 Å². The van der Waals surface area contributed by atoms with E-state index in [0.29, 0.717) is 18.1 Å². The first-order valence-electron chi connectivity index (χ1n) is 11.0. The molecular weight excluding hydrogens is 352 g/mol. The smallest absolute Gasteiger partial charge is 0.241 e. The molecule has 3 nitrogen and oxygen atoms in total. The summed E-state index contributed by atoms with van der Waals surface area (Å²) in [5.41, 5.74) is 0.328. The second-order valence-electron chi connectivity index (χ2n) is 10.8. The lowest BCUT2D eigenvalue weighted by atomic mass is 9.63. The van der Waals surface area contributed by atoms with E-state index in [9.17, 15) is 0 Å². The zero-order chi connectivity index (χ0) is 20.3. The largest absolute Gasteiger partial charge is 0.547 e. The van der Waals surface area contributed by atoms with Crippen molar-refractivity contribution in [3.05, 3.63) is 11.8 Å². The van der Waals surface area contributed by atoms with Crippen molar-refractivity contribution in [2.45, 2.75) is 97.9 Å². The summed E-state index contributed by atoms with van der Waals surface area (Å²) < 4.78 is 17.4. The molecule has 0 amide bonds. The Hall–Kier alpha value is -0.323. The predicted octanol–water partition coefficient (Wildman–Crippen LogP) is 6.75. The maximum Gasteiger partial charge on any atom is 0.241 e. The Labute approximate surface area is 169 Å². The van der Waals surface area contributed by atoms with Crippen molar-refractivity contribution in [1.82, 2.24) is 0 Å². The lowest BCUT2D eigenvalue weighted by Crippen LogP contribution is -2.38. The molecule has 0 saturated heterocycles. The van der Waals surface area contributed by atoms with Gasteiger partial charge >= 0.3 is 0 Å². The van der Waals surface area contributed by atoms with Gasteiger partial charge in [0.2, 0.25) is 8.32 Å². The molecule has 0 heterocycles. The van der Waals surface area contributed by atoms with Gasteiger partial charge in [-0.05, 0) is 88.9 Å². The molecule has 0 aromatic rings. The number of ether oxygens (including phenoxy) is 2. The molecular formula is C23H44O3Si. The van der Waals surface area contributed by atoms with Crippen LogP contribution in [0.4, 0.5) is 0 Å². The summed E-state index contributed by atoms with van der Waals surface area (Å²) in [5, 5.41) is 0. The number of rotatable bonds is 10. The van der Waals surface area contributed by atoms with E-state index in [1.807, 2.05) is 0 Å². The molecule has 1 fully saturated rings. The van der Waals surface area contributed by atoms with Crippen LogP contribution in [-0.2, 0) is 13.9 Å². The lowest BCUT2D eigenvalue weighted by Gasteiger charge is -2.44. The molecule has 0 spiro atoms. The van der Waals surface area contributed by atoms with E-state index in [1.165, 1.54) is 44.3 Å². The number of allylic oxidation sites excluding steroid dienone is 2. The second kappa shape index (κ2) is 9.00. The molecule has 0 aromatic heterocycles. The zero-order valence-corrected chi connectivity index (χ0v) is 20.2. The van der Waals surface area contributed by atoms with E-state index >= 15 is 0 Å². The topological polar surface area (TPSA) is 27.7 Å². The molecule has 2 aliphatic carbocycles. The van der Waals surface area contributed by atoms with Crippen LogP contribution in [0.2, 0.25) is 19.6 Å². The third-order valence-corrected chi connectivity index (χ3v) is 7.75. The van der Waals surface area contributed by atoms with E-state index in [2.05, 4.69) is 53.4 Å². The van der Waals surface area contributed by atoms with Crippen molar-refractivity contribution in [2.24, 2.45) is 23.2 Å². The second-order valence-corrected chi connectivity index (χ2v) is 15.2. The monoisotopic (exact) mass is 396 g/mol. The van der Waals surface area contributed by atoms with Crippen LogP contribution in [0.5, 0.6) is 0 Å². The van der Waals surface area contributed by atoms with Gasteiger partial charge in [-0.25, -0.2) is 0 Å². The van der Waals surface area contributed by atoms with E-state index in [-0.39, 0.29) is 5.60 Å². The van der Waals surface area contributed by atoms with Gasteiger partial charge in [0.25, 0.3) is 0 Å². The normalized spacial score (nSPS) is 30.0. The highest BCUT2D eigenvalue weighted by Crippen LogP contribution is 2.59. The van der Waals surface area contributed by atoms with Gasteiger partial charge in [-0.2, -0.15) is 0 Å². The Morgan fingerprint density at radius 2 is 1.96 bits per heavy atom. The summed E-state index contributed by atoms with van der Waals surface area (Å²) in [4.78, 5) is 0. The fraction of sp³-hybridized carbons (Fsp3) is 0.913. The first-order chi connectivity index (χ1) is 12.5. The molecule has 2 aliphatic rings. The molecule has 0 unspecified atom stereocenters. The Morgan fingerprint density at radius 1 is 1.26 bits per heavy atom. The highest BCUT2D eigenvalue weighted by atomic mass is 28.4. The van der Waals surface area contributed by atoms with Gasteiger partial charge in [0.1, 0.15) is 6.79 Å². The summed E-state index contributed by atoms with van der Waals surface area (Å²) >= 11 is 0. The van der Waals surface area contributed by atoms with Crippen LogP contribution in [0.1, 0.15) is 72.6 Å². The Balaban J connectivity index is 1.93. The summed E-state index contributed by atoms with van der Waals surface area (Å²) in [5.74, 6) is 3.57. The third kappa shape index (κ3) is 6.07. The molecule has 4 heteroatoms. The summed E-state index contributed by atoms with van der Waals surface area (Å²) in [7, 11) is 0.156. The van der Waals surface area contributed by atoms with Crippen molar-refractivity contribution in [3.63, 3.8) is 0 Å². The first-order valence-corrected chi connectivity index (χ1v) is 14.4. The number of fused-ring (bicyclic) bond motifs is 1. The first kappa shape index (κ1) is 23.0. The van der Waals surface area contributed by atoms with E-state index in [4.69, 9.17) is 13.9 Å². The van der Waals surface area contributed by atoms with E-state index in [1.54, 1.807) is 7.11 Å². The van der Waals surface area contributed by atoms with Crippen LogP contribution < -0.4 is 0 Å². The minimum absolute atomic E-state index is 0.0935. The molecule has 0 radical (unpaired) electrons. The summed E-state index contributed by atoms with van der Waals surface area (Å²) in [6, 6.07) is 0. The van der Waals surface area contributed by atoms with Gasteiger partial charge in [0.05, 0.1) is 11.4 Å². The van der Waals surface area contributed by atoms with E-state index < -0.39 is 8.32 Å². The van der Waals surface area contributed by atoms with Crippen molar-refractivity contribution in [3.8, 4) is 0 Å². The van der Waals surface area contributed by atoms with Crippen molar-refractivity contribution >= 4 is 8.32 Å². The standard InChI is InChI=1S/C23H44O3Si/c1-18(11-9-15-22(2,3)25-17-24-5)19-13-14-20-21(26-27(6,7)8)12-10-16-23(19,20)4/h12,18-20H,9-11,13-17H2,1-8H3/t18-,19-,20+,23-/m1/s1. The average Bonchev–Trinajstić information content (AvgIpc) is 2.89. The van der Waals surface area contributed by atoms with Crippen molar-refractivity contribution in [2.75, 3.05) is 13.9 Å². The molecule has 4 atom stereocenters. The Kier molecular flexibility index (Phi) is 7.66. The molecule has 27 heavy (non-hydrogen) atoms. The van der Waals surface area contributed by atoms with Gasteiger partial charge in [0.15, 0.2) is 0 Å². The van der Waals surface area contributed by atoms with Gasteiger partial charge in [-0.15, -0.1) is 0 Å². The van der Waals surface area contributed by atoms with E-state index in [0.717, 1.165) is 18.3 Å². The SMILES string of the molecule is COCOC(C)(C)CCC[C@@H](C)[C@H]1CC[C@H]2C(O[Si](C)(C)C)=CCC[C@]12C. The quantitative estimate of drug-likeness (QED) is 0.302. The van der Waals surface area contributed by atoms with Gasteiger partial charge in [-0.1, -0.05) is 26.7 Å². The van der Waals surface area contributed by atoms with Crippen LogP contribution in [0, 0.1) is 23.2 Å².